The van der Waals surface area contributed by atoms with Gasteiger partial charge in [-0.1, -0.05) is 49.9 Å². The van der Waals surface area contributed by atoms with Crippen LogP contribution in [-0.4, -0.2) is 6.04 Å². The van der Waals surface area contributed by atoms with Crippen molar-refractivity contribution in [3.8, 4) is 0 Å². The van der Waals surface area contributed by atoms with E-state index >= 15 is 0 Å². The first kappa shape index (κ1) is 13.8. The van der Waals surface area contributed by atoms with Crippen LogP contribution in [0.4, 0.5) is 4.39 Å². The summed E-state index contributed by atoms with van der Waals surface area (Å²) in [4.78, 5) is 0. The fourth-order valence-electron chi connectivity index (χ4n) is 2.89. The molecular formula is C15H21ClFN. The van der Waals surface area contributed by atoms with Crippen molar-refractivity contribution in [2.45, 2.75) is 51.6 Å². The molecule has 3 heteroatoms. The van der Waals surface area contributed by atoms with Crippen molar-refractivity contribution in [3.05, 3.63) is 34.6 Å². The van der Waals surface area contributed by atoms with Crippen LogP contribution in [0.1, 0.15) is 44.6 Å². The Balaban J connectivity index is 1.96. The summed E-state index contributed by atoms with van der Waals surface area (Å²) in [5.74, 6) is 0.428. The number of nitrogens with one attached hydrogen (secondary N) is 1. The van der Waals surface area contributed by atoms with Gasteiger partial charge in [0, 0.05) is 12.6 Å². The number of benzene rings is 1. The third-order valence-electron chi connectivity index (χ3n) is 4.02. The molecular weight excluding hydrogens is 249 g/mol. The summed E-state index contributed by atoms with van der Waals surface area (Å²) in [7, 11) is 0. The van der Waals surface area contributed by atoms with Gasteiger partial charge in [0.05, 0.1) is 5.02 Å². The summed E-state index contributed by atoms with van der Waals surface area (Å²) in [6.45, 7) is 2.91. The molecule has 1 aromatic rings. The third-order valence-corrected chi connectivity index (χ3v) is 4.44. The van der Waals surface area contributed by atoms with Crippen molar-refractivity contribution >= 4 is 11.6 Å². The Labute approximate surface area is 114 Å². The lowest BCUT2D eigenvalue weighted by molar-refractivity contribution is 0.254. The van der Waals surface area contributed by atoms with Crippen LogP contribution in [0.3, 0.4) is 0 Å². The molecule has 18 heavy (non-hydrogen) atoms. The Kier molecular flexibility index (Phi) is 5.02. The summed E-state index contributed by atoms with van der Waals surface area (Å²) in [5.41, 5.74) is 0.858. The highest BCUT2D eigenvalue weighted by Crippen LogP contribution is 2.27. The number of rotatable bonds is 4. The maximum Gasteiger partial charge on any atom is 0.142 e. The van der Waals surface area contributed by atoms with Crippen LogP contribution in [-0.2, 0) is 6.54 Å². The normalized spacial score (nSPS) is 24.2. The molecule has 1 nitrogen and oxygen atoms in total. The van der Waals surface area contributed by atoms with E-state index in [1.807, 2.05) is 6.07 Å². The van der Waals surface area contributed by atoms with Crippen LogP contribution in [0.5, 0.6) is 0 Å². The van der Waals surface area contributed by atoms with E-state index in [0.29, 0.717) is 12.6 Å². The molecule has 0 bridgehead atoms. The quantitative estimate of drug-likeness (QED) is 0.846. The molecule has 1 aromatic carbocycles. The SMILES string of the molecule is CCC1CCCCC1NCc1cccc(F)c1Cl. The van der Waals surface area contributed by atoms with Gasteiger partial charge in [-0.2, -0.15) is 0 Å². The van der Waals surface area contributed by atoms with Crippen molar-refractivity contribution in [2.24, 2.45) is 5.92 Å². The molecule has 1 fully saturated rings. The average Bonchev–Trinajstić information content (AvgIpc) is 2.41. The number of hydrogen-bond acceptors (Lipinski definition) is 1. The van der Waals surface area contributed by atoms with Crippen molar-refractivity contribution in [1.82, 2.24) is 5.32 Å². The molecule has 1 aliphatic carbocycles. The molecule has 0 amide bonds. The Morgan fingerprint density at radius 1 is 1.33 bits per heavy atom. The summed E-state index contributed by atoms with van der Waals surface area (Å²) in [6, 6.07) is 5.57. The molecule has 0 spiro atoms. The van der Waals surface area contributed by atoms with E-state index in [0.717, 1.165) is 11.5 Å². The van der Waals surface area contributed by atoms with Crippen LogP contribution in [0.15, 0.2) is 18.2 Å². The van der Waals surface area contributed by atoms with E-state index in [1.54, 1.807) is 6.07 Å². The molecule has 0 aliphatic heterocycles. The largest absolute Gasteiger partial charge is 0.310 e. The second-order valence-corrected chi connectivity index (χ2v) is 5.53. The van der Waals surface area contributed by atoms with Crippen molar-refractivity contribution < 1.29 is 4.39 Å². The van der Waals surface area contributed by atoms with Crippen LogP contribution in [0, 0.1) is 11.7 Å². The van der Waals surface area contributed by atoms with E-state index in [2.05, 4.69) is 12.2 Å². The van der Waals surface area contributed by atoms with Gasteiger partial charge < -0.3 is 5.32 Å². The summed E-state index contributed by atoms with van der Waals surface area (Å²) < 4.78 is 13.3. The summed E-state index contributed by atoms with van der Waals surface area (Å²) >= 11 is 5.97. The predicted octanol–water partition coefficient (Wildman–Crippen LogP) is 4.54. The van der Waals surface area contributed by atoms with E-state index in [1.165, 1.54) is 38.2 Å². The molecule has 1 saturated carbocycles. The predicted molar refractivity (Wildman–Crippen MR) is 74.3 cm³/mol. The van der Waals surface area contributed by atoms with Gasteiger partial charge in [-0.25, -0.2) is 4.39 Å². The highest BCUT2D eigenvalue weighted by Gasteiger charge is 2.23. The van der Waals surface area contributed by atoms with E-state index < -0.39 is 0 Å². The minimum absolute atomic E-state index is 0.258. The fourth-order valence-corrected chi connectivity index (χ4v) is 3.08. The van der Waals surface area contributed by atoms with Crippen molar-refractivity contribution in [2.75, 3.05) is 0 Å². The molecule has 2 atom stereocenters. The second kappa shape index (κ2) is 6.53. The molecule has 0 radical (unpaired) electrons. The molecule has 0 heterocycles. The van der Waals surface area contributed by atoms with E-state index in [9.17, 15) is 4.39 Å². The zero-order valence-electron chi connectivity index (χ0n) is 10.9. The van der Waals surface area contributed by atoms with Crippen molar-refractivity contribution in [1.29, 1.82) is 0 Å². The van der Waals surface area contributed by atoms with Gasteiger partial charge in [0.2, 0.25) is 0 Å². The van der Waals surface area contributed by atoms with Gasteiger partial charge in [-0.15, -0.1) is 0 Å². The Hall–Kier alpha value is -0.600. The van der Waals surface area contributed by atoms with Gasteiger partial charge in [0.15, 0.2) is 0 Å². The monoisotopic (exact) mass is 269 g/mol. The number of halogens is 2. The minimum Gasteiger partial charge on any atom is -0.310 e. The van der Waals surface area contributed by atoms with Crippen LogP contribution >= 0.6 is 11.6 Å². The molecule has 2 rings (SSSR count). The molecule has 1 aliphatic rings. The number of hydrogen-bond donors (Lipinski definition) is 1. The van der Waals surface area contributed by atoms with E-state index in [4.69, 9.17) is 11.6 Å². The smallest absolute Gasteiger partial charge is 0.142 e. The minimum atomic E-state index is -0.327. The summed E-state index contributed by atoms with van der Waals surface area (Å²) in [6.07, 6.45) is 6.40. The van der Waals surface area contributed by atoms with Gasteiger partial charge >= 0.3 is 0 Å². The molecule has 0 aromatic heterocycles. The standard InChI is InChI=1S/C15H21ClFN/c1-2-11-6-3-4-9-14(11)18-10-12-7-5-8-13(17)15(12)16/h5,7-8,11,14,18H,2-4,6,9-10H2,1H3. The Bertz CT molecular complexity index is 394. The maximum atomic E-state index is 13.3. The summed E-state index contributed by atoms with van der Waals surface area (Å²) in [5, 5.41) is 3.81. The fraction of sp³-hybridized carbons (Fsp3) is 0.600. The van der Waals surface area contributed by atoms with Gasteiger partial charge in [-0.3, -0.25) is 0 Å². The maximum absolute atomic E-state index is 13.3. The lowest BCUT2D eigenvalue weighted by Crippen LogP contribution is -2.37. The van der Waals surface area contributed by atoms with Crippen LogP contribution < -0.4 is 5.32 Å². The van der Waals surface area contributed by atoms with Gasteiger partial charge in [-0.05, 0) is 30.4 Å². The van der Waals surface area contributed by atoms with Crippen molar-refractivity contribution in [3.63, 3.8) is 0 Å². The molecule has 100 valence electrons. The first-order valence-electron chi connectivity index (χ1n) is 6.88. The molecule has 2 unspecified atom stereocenters. The highest BCUT2D eigenvalue weighted by atomic mass is 35.5. The third kappa shape index (κ3) is 3.24. The Morgan fingerprint density at radius 3 is 2.89 bits per heavy atom. The lowest BCUT2D eigenvalue weighted by atomic mass is 9.83. The van der Waals surface area contributed by atoms with Crippen LogP contribution in [0.25, 0.3) is 0 Å². The molecule has 1 N–H and O–H groups in total. The first-order chi connectivity index (χ1) is 8.72. The molecule has 0 saturated heterocycles. The van der Waals surface area contributed by atoms with Crippen LogP contribution in [0.2, 0.25) is 5.02 Å². The average molecular weight is 270 g/mol. The van der Waals surface area contributed by atoms with E-state index in [-0.39, 0.29) is 10.8 Å². The first-order valence-corrected chi connectivity index (χ1v) is 7.26. The lowest BCUT2D eigenvalue weighted by Gasteiger charge is -2.31. The zero-order chi connectivity index (χ0) is 13.0. The topological polar surface area (TPSA) is 12.0 Å². The van der Waals surface area contributed by atoms with Gasteiger partial charge in [0.1, 0.15) is 5.82 Å². The van der Waals surface area contributed by atoms with Gasteiger partial charge in [0.25, 0.3) is 0 Å². The Morgan fingerprint density at radius 2 is 2.11 bits per heavy atom. The highest BCUT2D eigenvalue weighted by molar-refractivity contribution is 6.31. The zero-order valence-corrected chi connectivity index (χ0v) is 11.6. The second-order valence-electron chi connectivity index (χ2n) is 5.15.